The Labute approximate surface area is 190 Å². The molecule has 0 radical (unpaired) electrons. The number of anilines is 1. The molecule has 2 saturated carbocycles. The molecule has 0 aliphatic heterocycles. The third-order valence-electron chi connectivity index (χ3n) is 8.74. The van der Waals surface area contributed by atoms with E-state index in [4.69, 9.17) is 9.47 Å². The second-order valence-corrected chi connectivity index (χ2v) is 10.2. The average Bonchev–Trinajstić information content (AvgIpc) is 3.11. The van der Waals surface area contributed by atoms with Crippen molar-refractivity contribution in [2.45, 2.75) is 64.0 Å². The lowest BCUT2D eigenvalue weighted by Gasteiger charge is -2.50. The molecule has 2 aromatic carbocycles. The Bertz CT molecular complexity index is 1010. The van der Waals surface area contributed by atoms with Crippen LogP contribution in [-0.2, 0) is 13.0 Å². The first-order valence-electron chi connectivity index (χ1n) is 11.9. The van der Waals surface area contributed by atoms with Crippen LogP contribution in [0.2, 0.25) is 0 Å². The molecule has 2 aromatic rings. The molecular weight excluding hydrogens is 402 g/mol. The molecule has 5 rings (SSSR count). The van der Waals surface area contributed by atoms with E-state index in [1.165, 1.54) is 17.5 Å². The molecule has 0 heterocycles. The van der Waals surface area contributed by atoms with Gasteiger partial charge in [0.1, 0.15) is 5.75 Å². The van der Waals surface area contributed by atoms with Gasteiger partial charge in [-0.15, -0.1) is 0 Å². The minimum atomic E-state index is -0.143. The van der Waals surface area contributed by atoms with E-state index in [-0.39, 0.29) is 11.5 Å². The highest BCUT2D eigenvalue weighted by Crippen LogP contribution is 2.61. The van der Waals surface area contributed by atoms with Crippen LogP contribution in [0.15, 0.2) is 30.3 Å². The van der Waals surface area contributed by atoms with Gasteiger partial charge in [0.25, 0.3) is 0 Å². The maximum atomic E-state index is 10.7. The number of hydrogen-bond acceptors (Lipinski definition) is 5. The summed E-state index contributed by atoms with van der Waals surface area (Å²) in [5.74, 6) is 3.55. The molecule has 3 aliphatic rings. The third-order valence-corrected chi connectivity index (χ3v) is 8.74. The van der Waals surface area contributed by atoms with Crippen molar-refractivity contribution in [2.75, 3.05) is 19.5 Å². The average molecular weight is 438 g/mol. The molecule has 0 aromatic heterocycles. The Morgan fingerprint density at radius 2 is 1.84 bits per heavy atom. The Kier molecular flexibility index (Phi) is 5.48. The Morgan fingerprint density at radius 1 is 1.03 bits per heavy atom. The van der Waals surface area contributed by atoms with Gasteiger partial charge in [-0.3, -0.25) is 0 Å². The maximum Gasteiger partial charge on any atom is 0.162 e. The smallest absolute Gasteiger partial charge is 0.162 e. The fourth-order valence-corrected chi connectivity index (χ4v) is 6.91. The summed E-state index contributed by atoms with van der Waals surface area (Å²) >= 11 is 0. The zero-order valence-electron chi connectivity index (χ0n) is 19.4. The second-order valence-electron chi connectivity index (χ2n) is 10.2. The van der Waals surface area contributed by atoms with Gasteiger partial charge in [0.05, 0.1) is 20.3 Å². The Morgan fingerprint density at radius 3 is 2.62 bits per heavy atom. The normalized spacial score (nSPS) is 30.8. The molecule has 3 N–H and O–H groups in total. The van der Waals surface area contributed by atoms with Gasteiger partial charge in [0, 0.05) is 23.9 Å². The first kappa shape index (κ1) is 21.4. The SMILES string of the molecule is COc1ccc(NCc2cc3c(cc2O)CC[C@@H]2[C@@H]3CC[C@]3(C)[C@@H](O)CC[C@@H]23)cc1OC. The standard InChI is InChI=1S/C27H35NO4/c1-27-11-10-19-20(22(27)7-9-26(27)30)6-4-16-13-23(29)17(12-21(16)19)15-28-18-5-8-24(31-2)25(14-18)32-3/h5,8,12-14,19-20,22,26,28-30H,4,6-7,9-11,15H2,1-3H3/t19-,20+,22-,26-,27-/m0/s1. The number of methoxy groups -OCH3 is 2. The van der Waals surface area contributed by atoms with Crippen molar-refractivity contribution in [1.82, 2.24) is 0 Å². The van der Waals surface area contributed by atoms with Crippen LogP contribution < -0.4 is 14.8 Å². The summed E-state index contributed by atoms with van der Waals surface area (Å²) in [7, 11) is 3.26. The van der Waals surface area contributed by atoms with Crippen molar-refractivity contribution in [1.29, 1.82) is 0 Å². The van der Waals surface area contributed by atoms with Gasteiger partial charge >= 0.3 is 0 Å². The highest BCUT2D eigenvalue weighted by Gasteiger charge is 2.54. The summed E-state index contributed by atoms with van der Waals surface area (Å²) in [5, 5.41) is 24.8. The lowest BCUT2D eigenvalue weighted by molar-refractivity contribution is -0.0226. The van der Waals surface area contributed by atoms with E-state index in [1.807, 2.05) is 24.3 Å². The molecule has 0 amide bonds. The van der Waals surface area contributed by atoms with Crippen molar-refractivity contribution >= 4 is 5.69 Å². The van der Waals surface area contributed by atoms with Crippen LogP contribution in [0.25, 0.3) is 0 Å². The van der Waals surface area contributed by atoms with Crippen molar-refractivity contribution in [2.24, 2.45) is 17.3 Å². The van der Waals surface area contributed by atoms with Crippen LogP contribution >= 0.6 is 0 Å². The van der Waals surface area contributed by atoms with E-state index >= 15 is 0 Å². The summed E-state index contributed by atoms with van der Waals surface area (Å²) in [6, 6.07) is 9.99. The van der Waals surface area contributed by atoms with Gasteiger partial charge in [-0.05, 0) is 97.1 Å². The van der Waals surface area contributed by atoms with Crippen LogP contribution in [0.4, 0.5) is 5.69 Å². The number of aryl methyl sites for hydroxylation is 1. The van der Waals surface area contributed by atoms with Gasteiger partial charge in [-0.2, -0.15) is 0 Å². The molecule has 172 valence electrons. The molecule has 5 nitrogen and oxygen atoms in total. The van der Waals surface area contributed by atoms with E-state index in [2.05, 4.69) is 18.3 Å². The fraction of sp³-hybridized carbons (Fsp3) is 0.556. The first-order valence-corrected chi connectivity index (χ1v) is 11.9. The molecule has 3 aliphatic carbocycles. The molecule has 0 bridgehead atoms. The summed E-state index contributed by atoms with van der Waals surface area (Å²) in [6.45, 7) is 2.86. The number of aromatic hydroxyl groups is 1. The van der Waals surface area contributed by atoms with Crippen LogP contribution in [0.5, 0.6) is 17.2 Å². The Hall–Kier alpha value is -2.40. The van der Waals surface area contributed by atoms with Crippen molar-refractivity contribution in [3.63, 3.8) is 0 Å². The number of nitrogens with one attached hydrogen (secondary N) is 1. The number of ether oxygens (including phenoxy) is 2. The van der Waals surface area contributed by atoms with Gasteiger partial charge in [-0.25, -0.2) is 0 Å². The number of benzene rings is 2. The Balaban J connectivity index is 1.38. The lowest BCUT2D eigenvalue weighted by atomic mass is 9.55. The van der Waals surface area contributed by atoms with Gasteiger partial charge in [0.15, 0.2) is 11.5 Å². The molecule has 5 heteroatoms. The second kappa shape index (κ2) is 8.18. The topological polar surface area (TPSA) is 71.0 Å². The van der Waals surface area contributed by atoms with Crippen molar-refractivity contribution < 1.29 is 19.7 Å². The summed E-state index contributed by atoms with van der Waals surface area (Å²) in [4.78, 5) is 0. The predicted molar refractivity (Wildman–Crippen MR) is 126 cm³/mol. The summed E-state index contributed by atoms with van der Waals surface area (Å²) in [5.41, 5.74) is 4.67. The predicted octanol–water partition coefficient (Wildman–Crippen LogP) is 5.24. The fourth-order valence-electron chi connectivity index (χ4n) is 6.91. The summed E-state index contributed by atoms with van der Waals surface area (Å²) < 4.78 is 10.7. The van der Waals surface area contributed by atoms with E-state index in [0.717, 1.165) is 43.4 Å². The number of rotatable bonds is 5. The zero-order valence-corrected chi connectivity index (χ0v) is 19.4. The van der Waals surface area contributed by atoms with Crippen LogP contribution in [0.1, 0.15) is 61.6 Å². The first-order chi connectivity index (χ1) is 15.4. The minimum Gasteiger partial charge on any atom is -0.508 e. The van der Waals surface area contributed by atoms with Crippen LogP contribution in [0, 0.1) is 17.3 Å². The van der Waals surface area contributed by atoms with Crippen molar-refractivity contribution in [3.05, 3.63) is 47.0 Å². The number of hydrogen-bond donors (Lipinski definition) is 3. The van der Waals surface area contributed by atoms with E-state index in [1.54, 1.807) is 14.2 Å². The largest absolute Gasteiger partial charge is 0.508 e. The molecular formula is C27H35NO4. The number of aliphatic hydroxyl groups is 1. The lowest BCUT2D eigenvalue weighted by Crippen LogP contribution is -2.43. The molecule has 32 heavy (non-hydrogen) atoms. The monoisotopic (exact) mass is 437 g/mol. The number of aliphatic hydroxyl groups excluding tert-OH is 1. The van der Waals surface area contributed by atoms with Crippen LogP contribution in [0.3, 0.4) is 0 Å². The van der Waals surface area contributed by atoms with E-state index < -0.39 is 0 Å². The summed E-state index contributed by atoms with van der Waals surface area (Å²) in [6.07, 6.45) is 6.39. The quantitative estimate of drug-likeness (QED) is 0.597. The number of phenols is 1. The van der Waals surface area contributed by atoms with E-state index in [0.29, 0.717) is 41.5 Å². The molecule has 0 spiro atoms. The highest BCUT2D eigenvalue weighted by atomic mass is 16.5. The third kappa shape index (κ3) is 3.42. The van der Waals surface area contributed by atoms with Gasteiger partial charge in [0.2, 0.25) is 0 Å². The maximum absolute atomic E-state index is 10.7. The van der Waals surface area contributed by atoms with E-state index in [9.17, 15) is 10.2 Å². The van der Waals surface area contributed by atoms with Crippen molar-refractivity contribution in [3.8, 4) is 17.2 Å². The number of fused-ring (bicyclic) bond motifs is 5. The molecule has 2 fully saturated rings. The van der Waals surface area contributed by atoms with Crippen LogP contribution in [-0.4, -0.2) is 30.5 Å². The molecule has 5 atom stereocenters. The minimum absolute atomic E-state index is 0.0907. The zero-order chi connectivity index (χ0) is 22.5. The van der Waals surface area contributed by atoms with Gasteiger partial charge < -0.3 is 25.0 Å². The number of phenolic OH excluding ortho intramolecular Hbond substituents is 1. The molecule has 0 unspecified atom stereocenters. The molecule has 0 saturated heterocycles. The highest BCUT2D eigenvalue weighted by molar-refractivity contribution is 5.56. The van der Waals surface area contributed by atoms with Gasteiger partial charge in [-0.1, -0.05) is 6.92 Å².